The topological polar surface area (TPSA) is 89.5 Å². The molecule has 1 aliphatic carbocycles. The summed E-state index contributed by atoms with van der Waals surface area (Å²) in [6.45, 7) is 1.77. The fourth-order valence-corrected chi connectivity index (χ4v) is 3.86. The molecule has 148 valence electrons. The normalized spacial score (nSPS) is 29.9. The second-order valence-electron chi connectivity index (χ2n) is 7.62. The maximum absolute atomic E-state index is 12.7. The number of esters is 2. The van der Waals surface area contributed by atoms with Crippen LogP contribution in [0.5, 0.6) is 5.75 Å². The number of hydrogen-bond donors (Lipinski definition) is 1. The van der Waals surface area contributed by atoms with Crippen LogP contribution < -0.4 is 10.5 Å². The molecule has 1 saturated carbocycles. The second-order valence-corrected chi connectivity index (χ2v) is 7.62. The van der Waals surface area contributed by atoms with E-state index in [1.54, 1.807) is 6.92 Å². The molecular weight excluding hydrogens is 346 g/mol. The molecule has 6 nitrogen and oxygen atoms in total. The number of ether oxygens (including phenoxy) is 3. The van der Waals surface area contributed by atoms with Crippen molar-refractivity contribution in [1.82, 2.24) is 0 Å². The summed E-state index contributed by atoms with van der Waals surface area (Å²) in [4.78, 5) is 24.9. The summed E-state index contributed by atoms with van der Waals surface area (Å²) in [5.41, 5.74) is 3.89. The molecule has 3 N–H and O–H groups in total. The Bertz CT molecular complexity index is 629. The molecule has 2 fully saturated rings. The van der Waals surface area contributed by atoms with Gasteiger partial charge in [-0.2, -0.15) is 0 Å². The maximum atomic E-state index is 12.7. The largest absolute Gasteiger partial charge is 0.486 e. The highest BCUT2D eigenvalue weighted by Gasteiger charge is 2.39. The van der Waals surface area contributed by atoms with E-state index >= 15 is 0 Å². The Labute approximate surface area is 160 Å². The van der Waals surface area contributed by atoms with Crippen molar-refractivity contribution in [3.63, 3.8) is 0 Å². The van der Waals surface area contributed by atoms with Gasteiger partial charge in [0, 0.05) is 6.42 Å². The lowest BCUT2D eigenvalue weighted by Gasteiger charge is -2.31. The van der Waals surface area contributed by atoms with Crippen molar-refractivity contribution in [2.24, 2.45) is 5.92 Å². The van der Waals surface area contributed by atoms with Crippen molar-refractivity contribution >= 4 is 11.9 Å². The van der Waals surface area contributed by atoms with Gasteiger partial charge in [0.05, 0.1) is 5.92 Å². The predicted molar refractivity (Wildman–Crippen MR) is 98.8 cm³/mol. The second kappa shape index (κ2) is 9.22. The van der Waals surface area contributed by atoms with Crippen LogP contribution in [0.25, 0.3) is 0 Å². The highest BCUT2D eigenvalue weighted by Crippen LogP contribution is 2.29. The average molecular weight is 376 g/mol. The number of para-hydroxylation sites is 1. The quantitative estimate of drug-likeness (QED) is 0.814. The maximum Gasteiger partial charge on any atom is 0.365 e. The summed E-state index contributed by atoms with van der Waals surface area (Å²) in [7, 11) is 0. The van der Waals surface area contributed by atoms with Gasteiger partial charge in [0.15, 0.2) is 12.1 Å². The Morgan fingerprint density at radius 3 is 2.48 bits per heavy atom. The zero-order valence-electron chi connectivity index (χ0n) is 16.0. The van der Waals surface area contributed by atoms with Gasteiger partial charge in [-0.05, 0) is 44.7 Å². The van der Waals surface area contributed by atoms with E-state index in [4.69, 9.17) is 14.2 Å². The Hall–Kier alpha value is -2.08. The van der Waals surface area contributed by atoms with Crippen molar-refractivity contribution in [2.75, 3.05) is 0 Å². The van der Waals surface area contributed by atoms with Crippen LogP contribution in [0.4, 0.5) is 0 Å². The SMILES string of the molecule is C[C@@H]1OC(=O)[C@@H]([NH3+])CCC[C@H](Oc2ccccc2)[C@H]1OC(=O)C1CCCC1. The summed E-state index contributed by atoms with van der Waals surface area (Å²) in [6, 6.07) is 9.07. The number of carbonyl (C=O) groups excluding carboxylic acids is 2. The van der Waals surface area contributed by atoms with Gasteiger partial charge in [-0.3, -0.25) is 4.79 Å². The van der Waals surface area contributed by atoms with Crippen LogP contribution in [0.1, 0.15) is 51.9 Å². The summed E-state index contributed by atoms with van der Waals surface area (Å²) < 4.78 is 17.6. The molecule has 0 unspecified atom stereocenters. The van der Waals surface area contributed by atoms with Crippen LogP contribution in [-0.4, -0.2) is 36.3 Å². The van der Waals surface area contributed by atoms with Gasteiger partial charge in [-0.1, -0.05) is 31.0 Å². The van der Waals surface area contributed by atoms with Crippen LogP contribution in [-0.2, 0) is 19.1 Å². The van der Waals surface area contributed by atoms with Crippen molar-refractivity contribution in [3.8, 4) is 5.75 Å². The molecule has 3 rings (SSSR count). The molecule has 1 saturated heterocycles. The summed E-state index contributed by atoms with van der Waals surface area (Å²) in [6.07, 6.45) is 4.32. The van der Waals surface area contributed by atoms with Gasteiger partial charge in [0.25, 0.3) is 0 Å². The molecule has 1 aromatic rings. The third kappa shape index (κ3) is 5.22. The summed E-state index contributed by atoms with van der Waals surface area (Å²) >= 11 is 0. The first-order valence-corrected chi connectivity index (χ1v) is 10.0. The fraction of sp³-hybridized carbons (Fsp3) is 0.619. The van der Waals surface area contributed by atoms with Crippen LogP contribution in [0.3, 0.4) is 0 Å². The van der Waals surface area contributed by atoms with E-state index in [1.165, 1.54) is 0 Å². The first-order valence-electron chi connectivity index (χ1n) is 10.0. The summed E-state index contributed by atoms with van der Waals surface area (Å²) in [5, 5.41) is 0. The number of rotatable bonds is 4. The number of carbonyl (C=O) groups is 2. The van der Waals surface area contributed by atoms with Gasteiger partial charge in [0.1, 0.15) is 18.0 Å². The third-order valence-corrected chi connectivity index (χ3v) is 5.48. The van der Waals surface area contributed by atoms with Crippen LogP contribution in [0, 0.1) is 5.92 Å². The number of hydrogen-bond acceptors (Lipinski definition) is 5. The van der Waals surface area contributed by atoms with Gasteiger partial charge < -0.3 is 19.9 Å². The molecule has 2 aliphatic rings. The van der Waals surface area contributed by atoms with Crippen LogP contribution in [0.2, 0.25) is 0 Å². The lowest BCUT2D eigenvalue weighted by Crippen LogP contribution is -2.65. The van der Waals surface area contributed by atoms with E-state index in [0.29, 0.717) is 18.6 Å². The highest BCUT2D eigenvalue weighted by molar-refractivity contribution is 5.74. The molecule has 4 atom stereocenters. The minimum absolute atomic E-state index is 0.0569. The smallest absolute Gasteiger partial charge is 0.365 e. The number of benzene rings is 1. The van der Waals surface area contributed by atoms with Gasteiger partial charge in [0.2, 0.25) is 0 Å². The van der Waals surface area contributed by atoms with Crippen molar-refractivity contribution in [3.05, 3.63) is 30.3 Å². The first-order chi connectivity index (χ1) is 13.0. The molecule has 1 heterocycles. The predicted octanol–water partition coefficient (Wildman–Crippen LogP) is 2.26. The van der Waals surface area contributed by atoms with E-state index in [1.807, 2.05) is 30.3 Å². The molecule has 1 aliphatic heterocycles. The zero-order valence-corrected chi connectivity index (χ0v) is 16.0. The number of quaternary nitrogens is 1. The molecule has 1 aromatic carbocycles. The minimum Gasteiger partial charge on any atom is -0.486 e. The Kier molecular flexibility index (Phi) is 6.72. The molecule has 0 radical (unpaired) electrons. The molecule has 0 bridgehead atoms. The van der Waals surface area contributed by atoms with E-state index in [9.17, 15) is 9.59 Å². The van der Waals surface area contributed by atoms with Gasteiger partial charge >= 0.3 is 11.9 Å². The standard InChI is InChI=1S/C21H29NO5/c1-14-19(27-20(23)15-8-5-6-9-15)18(26-16-10-3-2-4-11-16)13-7-12-17(22)21(24)25-14/h2-4,10-11,14-15,17-19H,5-9,12-13,22H2,1H3/p+1/t14-,17-,18-,19-/m0/s1. The Balaban J connectivity index is 1.79. The van der Waals surface area contributed by atoms with Crippen molar-refractivity contribution in [2.45, 2.75) is 76.2 Å². The van der Waals surface area contributed by atoms with Crippen molar-refractivity contribution < 1.29 is 29.5 Å². The highest BCUT2D eigenvalue weighted by atomic mass is 16.6. The van der Waals surface area contributed by atoms with Gasteiger partial charge in [-0.15, -0.1) is 0 Å². The van der Waals surface area contributed by atoms with Gasteiger partial charge in [-0.25, -0.2) is 4.79 Å². The monoisotopic (exact) mass is 376 g/mol. The zero-order chi connectivity index (χ0) is 19.2. The fourth-order valence-electron chi connectivity index (χ4n) is 3.86. The first kappa shape index (κ1) is 19.7. The Morgan fingerprint density at radius 2 is 1.78 bits per heavy atom. The number of cyclic esters (lactones) is 1. The van der Waals surface area contributed by atoms with E-state index in [0.717, 1.165) is 32.1 Å². The van der Waals surface area contributed by atoms with E-state index in [-0.39, 0.29) is 24.0 Å². The lowest BCUT2D eigenvalue weighted by molar-refractivity contribution is -0.410. The van der Waals surface area contributed by atoms with Crippen molar-refractivity contribution in [1.29, 1.82) is 0 Å². The lowest BCUT2D eigenvalue weighted by atomic mass is 10.0. The Morgan fingerprint density at radius 1 is 1.07 bits per heavy atom. The molecule has 0 aromatic heterocycles. The van der Waals surface area contributed by atoms with Crippen LogP contribution in [0.15, 0.2) is 30.3 Å². The molecule has 6 heteroatoms. The molecule has 0 amide bonds. The molecular formula is C21H30NO5+. The van der Waals surface area contributed by atoms with E-state index in [2.05, 4.69) is 5.73 Å². The average Bonchev–Trinajstić information content (AvgIpc) is 3.20. The van der Waals surface area contributed by atoms with Crippen LogP contribution >= 0.6 is 0 Å². The summed E-state index contributed by atoms with van der Waals surface area (Å²) in [5.74, 6) is 0.115. The third-order valence-electron chi connectivity index (χ3n) is 5.48. The van der Waals surface area contributed by atoms with E-state index < -0.39 is 18.2 Å². The molecule has 27 heavy (non-hydrogen) atoms. The molecule has 0 spiro atoms. The minimum atomic E-state index is -0.632.